The molecule has 1 saturated heterocycles. The molecule has 0 radical (unpaired) electrons. The Balaban J connectivity index is 1.92. The summed E-state index contributed by atoms with van der Waals surface area (Å²) in [5.41, 5.74) is 0.631. The lowest BCUT2D eigenvalue weighted by atomic mass is 10.2. The first-order valence-electron chi connectivity index (χ1n) is 6.21. The number of fused-ring (bicyclic) bond motifs is 1. The minimum atomic E-state index is 0.0983. The summed E-state index contributed by atoms with van der Waals surface area (Å²) in [6.45, 7) is 3.23. The lowest BCUT2D eigenvalue weighted by Crippen LogP contribution is -2.46. The van der Waals surface area contributed by atoms with Crippen molar-refractivity contribution in [2.24, 2.45) is 0 Å². The SMILES string of the molecule is N#Cc1ccc2sc(C(=O)N3CCNCC3)cc2c1. The second-order valence-electron chi connectivity index (χ2n) is 4.52. The van der Waals surface area contributed by atoms with Crippen molar-refractivity contribution in [1.29, 1.82) is 5.26 Å². The van der Waals surface area contributed by atoms with Crippen LogP contribution in [0.25, 0.3) is 10.1 Å². The standard InChI is InChI=1S/C14H13N3OS/c15-9-10-1-2-12-11(7-10)8-13(19-12)14(18)17-5-3-16-4-6-17/h1-2,7-8,16H,3-6H2. The number of thiophene rings is 1. The number of hydrogen-bond acceptors (Lipinski definition) is 4. The number of nitriles is 1. The van der Waals surface area contributed by atoms with Crippen molar-refractivity contribution in [2.45, 2.75) is 0 Å². The van der Waals surface area contributed by atoms with Gasteiger partial charge in [-0.2, -0.15) is 5.26 Å². The third-order valence-corrected chi connectivity index (χ3v) is 4.36. The molecule has 96 valence electrons. The zero-order valence-electron chi connectivity index (χ0n) is 10.3. The van der Waals surface area contributed by atoms with E-state index < -0.39 is 0 Å². The Bertz CT molecular complexity index is 665. The zero-order valence-corrected chi connectivity index (χ0v) is 11.2. The molecule has 1 N–H and O–H groups in total. The van der Waals surface area contributed by atoms with E-state index in [1.807, 2.05) is 23.1 Å². The molecule has 1 aromatic heterocycles. The topological polar surface area (TPSA) is 56.1 Å². The number of hydrogen-bond donors (Lipinski definition) is 1. The van der Waals surface area contributed by atoms with E-state index in [0.29, 0.717) is 5.56 Å². The highest BCUT2D eigenvalue weighted by molar-refractivity contribution is 7.20. The molecule has 1 amide bonds. The highest BCUT2D eigenvalue weighted by Gasteiger charge is 2.19. The maximum Gasteiger partial charge on any atom is 0.264 e. The molecule has 1 aliphatic heterocycles. The highest BCUT2D eigenvalue weighted by atomic mass is 32.1. The molecule has 19 heavy (non-hydrogen) atoms. The van der Waals surface area contributed by atoms with E-state index >= 15 is 0 Å². The third-order valence-electron chi connectivity index (χ3n) is 3.26. The van der Waals surface area contributed by atoms with Crippen LogP contribution in [0.3, 0.4) is 0 Å². The normalized spacial score (nSPS) is 15.4. The van der Waals surface area contributed by atoms with Gasteiger partial charge in [-0.25, -0.2) is 0 Å². The Hall–Kier alpha value is -1.90. The van der Waals surface area contributed by atoms with Gasteiger partial charge in [0.1, 0.15) is 0 Å². The smallest absolute Gasteiger partial charge is 0.264 e. The predicted molar refractivity (Wildman–Crippen MR) is 75.3 cm³/mol. The summed E-state index contributed by atoms with van der Waals surface area (Å²) in [5.74, 6) is 0.0983. The van der Waals surface area contributed by atoms with Gasteiger partial charge in [0.15, 0.2) is 0 Å². The Labute approximate surface area is 115 Å². The van der Waals surface area contributed by atoms with Crippen molar-refractivity contribution in [3.63, 3.8) is 0 Å². The van der Waals surface area contributed by atoms with Crippen LogP contribution >= 0.6 is 11.3 Å². The van der Waals surface area contributed by atoms with E-state index in [2.05, 4.69) is 11.4 Å². The van der Waals surface area contributed by atoms with E-state index in [1.165, 1.54) is 11.3 Å². The molecule has 3 rings (SSSR count). The van der Waals surface area contributed by atoms with Gasteiger partial charge >= 0.3 is 0 Å². The molecule has 0 saturated carbocycles. The molecule has 4 nitrogen and oxygen atoms in total. The molecule has 0 spiro atoms. The Morgan fingerprint density at radius 1 is 1.32 bits per heavy atom. The number of nitrogens with zero attached hydrogens (tertiary/aromatic N) is 2. The van der Waals surface area contributed by atoms with Crippen molar-refractivity contribution in [3.8, 4) is 6.07 Å². The van der Waals surface area contributed by atoms with Crippen molar-refractivity contribution < 1.29 is 4.79 Å². The number of benzene rings is 1. The van der Waals surface area contributed by atoms with Gasteiger partial charge in [0.2, 0.25) is 0 Å². The van der Waals surface area contributed by atoms with E-state index in [-0.39, 0.29) is 5.91 Å². The predicted octanol–water partition coefficient (Wildman–Crippen LogP) is 1.82. The molecule has 1 fully saturated rings. The molecule has 1 aliphatic rings. The Kier molecular flexibility index (Phi) is 3.20. The van der Waals surface area contributed by atoms with Gasteiger partial charge in [0.25, 0.3) is 5.91 Å². The van der Waals surface area contributed by atoms with E-state index in [0.717, 1.165) is 41.1 Å². The molecule has 1 aromatic carbocycles. The minimum absolute atomic E-state index is 0.0983. The van der Waals surface area contributed by atoms with Crippen LogP contribution in [-0.4, -0.2) is 37.0 Å². The lowest BCUT2D eigenvalue weighted by molar-refractivity contribution is 0.0741. The van der Waals surface area contributed by atoms with E-state index in [4.69, 9.17) is 5.26 Å². The molecule has 2 aromatic rings. The molecular weight excluding hydrogens is 258 g/mol. The molecule has 2 heterocycles. The average molecular weight is 271 g/mol. The molecule has 5 heteroatoms. The minimum Gasteiger partial charge on any atom is -0.335 e. The van der Waals surface area contributed by atoms with Crippen LogP contribution in [0.4, 0.5) is 0 Å². The van der Waals surface area contributed by atoms with Crippen LogP contribution in [0.15, 0.2) is 24.3 Å². The maximum atomic E-state index is 12.4. The van der Waals surface area contributed by atoms with Crippen molar-refractivity contribution in [1.82, 2.24) is 10.2 Å². The van der Waals surface area contributed by atoms with E-state index in [1.54, 1.807) is 6.07 Å². The fourth-order valence-electron chi connectivity index (χ4n) is 2.24. The largest absolute Gasteiger partial charge is 0.335 e. The zero-order chi connectivity index (χ0) is 13.2. The van der Waals surface area contributed by atoms with Crippen LogP contribution in [-0.2, 0) is 0 Å². The fraction of sp³-hybridized carbons (Fsp3) is 0.286. The second kappa shape index (κ2) is 5.00. The number of rotatable bonds is 1. The van der Waals surface area contributed by atoms with Crippen molar-refractivity contribution in [2.75, 3.05) is 26.2 Å². The van der Waals surface area contributed by atoms with Crippen LogP contribution in [0, 0.1) is 11.3 Å². The summed E-state index contributed by atoms with van der Waals surface area (Å²) in [4.78, 5) is 15.0. The van der Waals surface area contributed by atoms with Gasteiger partial charge in [-0.3, -0.25) is 4.79 Å². The second-order valence-corrected chi connectivity index (χ2v) is 5.60. The van der Waals surface area contributed by atoms with Gasteiger partial charge < -0.3 is 10.2 Å². The quantitative estimate of drug-likeness (QED) is 0.860. The van der Waals surface area contributed by atoms with Gasteiger partial charge in [-0.15, -0.1) is 11.3 Å². The maximum absolute atomic E-state index is 12.4. The number of carbonyl (C=O) groups is 1. The first-order valence-corrected chi connectivity index (χ1v) is 7.03. The van der Waals surface area contributed by atoms with Gasteiger partial charge in [0.05, 0.1) is 16.5 Å². The molecule has 0 atom stereocenters. The molecule has 0 bridgehead atoms. The summed E-state index contributed by atoms with van der Waals surface area (Å²) in [7, 11) is 0. The van der Waals surface area contributed by atoms with Crippen LogP contribution in [0.2, 0.25) is 0 Å². The number of piperazine rings is 1. The highest BCUT2D eigenvalue weighted by Crippen LogP contribution is 2.27. The summed E-state index contributed by atoms with van der Waals surface area (Å²) in [5, 5.41) is 13.1. The van der Waals surface area contributed by atoms with E-state index in [9.17, 15) is 4.79 Å². The number of amides is 1. The summed E-state index contributed by atoms with van der Waals surface area (Å²) < 4.78 is 1.05. The number of nitrogens with one attached hydrogen (secondary N) is 1. The Morgan fingerprint density at radius 2 is 2.11 bits per heavy atom. The molecular formula is C14H13N3OS. The fourth-order valence-corrected chi connectivity index (χ4v) is 3.25. The van der Waals surface area contributed by atoms with Crippen molar-refractivity contribution >= 4 is 27.3 Å². The lowest BCUT2D eigenvalue weighted by Gasteiger charge is -2.26. The Morgan fingerprint density at radius 3 is 2.84 bits per heavy atom. The summed E-state index contributed by atoms with van der Waals surface area (Å²) >= 11 is 1.50. The van der Waals surface area contributed by atoms with Crippen LogP contribution < -0.4 is 5.32 Å². The first-order chi connectivity index (χ1) is 9.28. The summed E-state index contributed by atoms with van der Waals surface area (Å²) in [6.07, 6.45) is 0. The summed E-state index contributed by atoms with van der Waals surface area (Å²) in [6, 6.07) is 9.55. The van der Waals surface area contributed by atoms with Gasteiger partial charge in [-0.1, -0.05) is 0 Å². The van der Waals surface area contributed by atoms with Crippen molar-refractivity contribution in [3.05, 3.63) is 34.7 Å². The van der Waals surface area contributed by atoms with Crippen LogP contribution in [0.5, 0.6) is 0 Å². The monoisotopic (exact) mass is 271 g/mol. The molecule has 0 aliphatic carbocycles. The van der Waals surface area contributed by atoms with Crippen LogP contribution in [0.1, 0.15) is 15.2 Å². The molecule has 0 unspecified atom stereocenters. The van der Waals surface area contributed by atoms with Gasteiger partial charge in [-0.05, 0) is 29.7 Å². The first kappa shape index (κ1) is 12.2. The third kappa shape index (κ3) is 2.33. The number of carbonyl (C=O) groups excluding carboxylic acids is 1. The average Bonchev–Trinajstić information content (AvgIpc) is 2.90. The van der Waals surface area contributed by atoms with Gasteiger partial charge in [0, 0.05) is 30.9 Å².